The smallest absolute Gasteiger partial charge is 0.377 e. The quantitative estimate of drug-likeness (QED) is 0.114. The summed E-state index contributed by atoms with van der Waals surface area (Å²) in [5.74, 6) is -2.98. The number of esters is 1. The molecule has 29 heavy (non-hydrogen) atoms. The largest absolute Gasteiger partial charge is 0.484 e. The first-order valence-electron chi connectivity index (χ1n) is 11.5. The highest BCUT2D eigenvalue weighted by Gasteiger charge is 2.25. The zero-order valence-electron chi connectivity index (χ0n) is 18.8. The number of rotatable bonds is 20. The van der Waals surface area contributed by atoms with E-state index in [0.29, 0.717) is 0 Å². The average Bonchev–Trinajstić information content (AvgIpc) is 2.70. The minimum absolute atomic E-state index is 0.129. The minimum Gasteiger partial charge on any atom is -0.484 e. The second-order valence-electron chi connectivity index (χ2n) is 7.21. The van der Waals surface area contributed by atoms with Crippen molar-refractivity contribution < 1.29 is 28.9 Å². The number of ether oxygens (including phenoxy) is 3. The molecule has 0 heterocycles. The summed E-state index contributed by atoms with van der Waals surface area (Å²) in [7, 11) is 0. The maximum Gasteiger partial charge on any atom is 0.377 e. The predicted molar refractivity (Wildman–Crippen MR) is 115 cm³/mol. The van der Waals surface area contributed by atoms with Crippen LogP contribution in [-0.4, -0.2) is 36.9 Å². The molecule has 0 saturated carbocycles. The van der Waals surface area contributed by atoms with E-state index in [1.54, 1.807) is 13.8 Å². The zero-order chi connectivity index (χ0) is 21.7. The number of carboxylic acid groups (broad SMARTS) is 1. The second kappa shape index (κ2) is 19.6. The fraction of sp³-hybridized carbons (Fsp3) is 0.826. The molecule has 6 nitrogen and oxygen atoms in total. The molecule has 170 valence electrons. The highest BCUT2D eigenvalue weighted by Crippen LogP contribution is 2.14. The lowest BCUT2D eigenvalue weighted by Gasteiger charge is -2.12. The van der Waals surface area contributed by atoms with Crippen LogP contribution in [0.25, 0.3) is 0 Å². The molecular formula is C23H42O6. The molecule has 0 bridgehead atoms. The summed E-state index contributed by atoms with van der Waals surface area (Å²) in [5, 5.41) is 9.17. The number of carbonyl (C=O) groups is 2. The van der Waals surface area contributed by atoms with Gasteiger partial charge < -0.3 is 19.3 Å². The molecule has 0 aromatic rings. The van der Waals surface area contributed by atoms with Gasteiger partial charge >= 0.3 is 11.9 Å². The van der Waals surface area contributed by atoms with Gasteiger partial charge in [-0.15, -0.1) is 0 Å². The Kier molecular flexibility index (Phi) is 18.4. The van der Waals surface area contributed by atoms with E-state index in [9.17, 15) is 14.7 Å². The summed E-state index contributed by atoms with van der Waals surface area (Å²) in [6.07, 6.45) is 16.2. The Labute approximate surface area is 177 Å². The number of carbonyl (C=O) groups excluding carboxylic acids is 1. The summed E-state index contributed by atoms with van der Waals surface area (Å²) < 4.78 is 15.3. The van der Waals surface area contributed by atoms with Gasteiger partial charge in [0.2, 0.25) is 0 Å². The molecule has 0 rings (SSSR count). The molecule has 0 aliphatic rings. The van der Waals surface area contributed by atoms with E-state index in [0.717, 1.165) is 19.3 Å². The molecule has 0 aliphatic heterocycles. The van der Waals surface area contributed by atoms with E-state index in [4.69, 9.17) is 14.2 Å². The molecule has 1 N–H and O–H groups in total. The third kappa shape index (κ3) is 14.9. The van der Waals surface area contributed by atoms with Crippen molar-refractivity contribution in [1.29, 1.82) is 0 Å². The fourth-order valence-electron chi connectivity index (χ4n) is 3.08. The van der Waals surface area contributed by atoms with Gasteiger partial charge in [-0.05, 0) is 20.3 Å². The van der Waals surface area contributed by atoms with Crippen molar-refractivity contribution in [2.45, 2.75) is 104 Å². The molecule has 0 saturated heterocycles. The van der Waals surface area contributed by atoms with Crippen molar-refractivity contribution in [1.82, 2.24) is 0 Å². The Hall–Kier alpha value is -1.72. The molecule has 0 aliphatic carbocycles. The average molecular weight is 415 g/mol. The summed E-state index contributed by atoms with van der Waals surface area (Å²) in [6, 6.07) is 0. The number of carboxylic acids is 1. The van der Waals surface area contributed by atoms with Crippen LogP contribution >= 0.6 is 0 Å². The van der Waals surface area contributed by atoms with E-state index in [-0.39, 0.29) is 25.6 Å². The van der Waals surface area contributed by atoms with Crippen LogP contribution in [0.2, 0.25) is 0 Å². The maximum absolute atomic E-state index is 12.1. The van der Waals surface area contributed by atoms with Crippen molar-refractivity contribution in [3.05, 3.63) is 11.5 Å². The van der Waals surface area contributed by atoms with E-state index in [2.05, 4.69) is 6.92 Å². The highest BCUT2D eigenvalue weighted by molar-refractivity contribution is 5.96. The van der Waals surface area contributed by atoms with Crippen LogP contribution in [0.4, 0.5) is 0 Å². The normalized spacial score (nSPS) is 11.7. The Morgan fingerprint density at radius 2 is 1.00 bits per heavy atom. The van der Waals surface area contributed by atoms with Crippen molar-refractivity contribution in [3.63, 3.8) is 0 Å². The molecule has 0 amide bonds. The molecule has 0 unspecified atom stereocenters. The van der Waals surface area contributed by atoms with Gasteiger partial charge in [-0.2, -0.15) is 0 Å². The molecule has 0 atom stereocenters. The van der Waals surface area contributed by atoms with Gasteiger partial charge in [-0.3, -0.25) is 0 Å². The first-order valence-corrected chi connectivity index (χ1v) is 11.5. The number of hydrogen-bond donors (Lipinski definition) is 1. The predicted octanol–water partition coefficient (Wildman–Crippen LogP) is 5.99. The Bertz CT molecular complexity index is 458. The number of hydrogen-bond acceptors (Lipinski definition) is 5. The summed E-state index contributed by atoms with van der Waals surface area (Å²) in [4.78, 5) is 23.4. The van der Waals surface area contributed by atoms with E-state index in [1.165, 1.54) is 64.2 Å². The third-order valence-electron chi connectivity index (χ3n) is 4.64. The molecule has 0 aromatic heterocycles. The highest BCUT2D eigenvalue weighted by atomic mass is 16.6. The maximum atomic E-state index is 12.1. The first-order chi connectivity index (χ1) is 14.1. The van der Waals surface area contributed by atoms with Gasteiger partial charge in [-0.25, -0.2) is 9.59 Å². The van der Waals surface area contributed by atoms with Crippen molar-refractivity contribution in [2.24, 2.45) is 0 Å². The van der Waals surface area contributed by atoms with Crippen LogP contribution in [0.1, 0.15) is 104 Å². The van der Waals surface area contributed by atoms with Gasteiger partial charge in [-0.1, -0.05) is 84.0 Å². The van der Waals surface area contributed by atoms with Crippen LogP contribution in [0.15, 0.2) is 11.5 Å². The first kappa shape index (κ1) is 27.3. The monoisotopic (exact) mass is 414 g/mol. The van der Waals surface area contributed by atoms with Gasteiger partial charge in [0.15, 0.2) is 0 Å². The summed E-state index contributed by atoms with van der Waals surface area (Å²) in [6.45, 7) is 6.11. The Morgan fingerprint density at radius 3 is 1.41 bits per heavy atom. The van der Waals surface area contributed by atoms with Gasteiger partial charge in [0, 0.05) is 0 Å². The summed E-state index contributed by atoms with van der Waals surface area (Å²) >= 11 is 0. The molecule has 0 spiro atoms. The summed E-state index contributed by atoms with van der Waals surface area (Å²) in [5.41, 5.74) is 0. The number of aliphatic carboxylic acids is 1. The van der Waals surface area contributed by atoms with Crippen molar-refractivity contribution in [3.8, 4) is 0 Å². The van der Waals surface area contributed by atoms with Crippen LogP contribution in [0.3, 0.4) is 0 Å². The topological polar surface area (TPSA) is 82.1 Å². The molecule has 0 radical (unpaired) electrons. The van der Waals surface area contributed by atoms with Gasteiger partial charge in [0.05, 0.1) is 19.8 Å². The minimum atomic E-state index is -1.34. The van der Waals surface area contributed by atoms with E-state index in [1.807, 2.05) is 0 Å². The lowest BCUT2D eigenvalue weighted by Crippen LogP contribution is -2.19. The molecular weight excluding hydrogens is 372 g/mol. The fourth-order valence-corrected chi connectivity index (χ4v) is 3.08. The third-order valence-corrected chi connectivity index (χ3v) is 4.64. The lowest BCUT2D eigenvalue weighted by atomic mass is 10.0. The molecule has 0 fully saturated rings. The zero-order valence-corrected chi connectivity index (χ0v) is 18.8. The van der Waals surface area contributed by atoms with Gasteiger partial charge in [0.1, 0.15) is 0 Å². The molecule has 0 aromatic carbocycles. The van der Waals surface area contributed by atoms with Crippen LogP contribution in [0.5, 0.6) is 0 Å². The van der Waals surface area contributed by atoms with Crippen molar-refractivity contribution in [2.75, 3.05) is 19.8 Å². The van der Waals surface area contributed by atoms with E-state index < -0.39 is 17.7 Å². The molecule has 6 heteroatoms. The van der Waals surface area contributed by atoms with Crippen molar-refractivity contribution >= 4 is 11.9 Å². The SMILES string of the molecule is CCCCCCCCCCCCCCCOC(=O)/C(OCC)=C(/OCC)C(=O)O. The van der Waals surface area contributed by atoms with Crippen LogP contribution < -0.4 is 0 Å². The Balaban J connectivity index is 3.84. The second-order valence-corrected chi connectivity index (χ2v) is 7.21. The number of unbranched alkanes of at least 4 members (excludes halogenated alkanes) is 12. The Morgan fingerprint density at radius 1 is 0.586 bits per heavy atom. The standard InChI is InChI=1S/C23H42O6/c1-4-7-8-9-10-11-12-13-14-15-16-17-18-19-29-23(26)21(28-6-3)20(22(24)25)27-5-2/h4-19H2,1-3H3,(H,24,25)/b21-20-. The van der Waals surface area contributed by atoms with Crippen LogP contribution in [0, 0.1) is 0 Å². The van der Waals surface area contributed by atoms with Gasteiger partial charge in [0.25, 0.3) is 11.5 Å². The van der Waals surface area contributed by atoms with E-state index >= 15 is 0 Å². The van der Waals surface area contributed by atoms with Crippen LogP contribution in [-0.2, 0) is 23.8 Å². The lowest BCUT2D eigenvalue weighted by molar-refractivity contribution is -0.146.